The molecule has 37 heavy (non-hydrogen) atoms. The molecule has 6 nitrogen and oxygen atoms in total. The SMILES string of the molecule is CC(=NCC(=O)c1ccc(C(=O)CCc2cc(C)on2)s1)c1csc(-c2ccc(C(F)(F)F)cc2)c1O. The number of ketones is 2. The zero-order chi connectivity index (χ0) is 26.7. The lowest BCUT2D eigenvalue weighted by Crippen LogP contribution is -2.04. The molecule has 3 aromatic heterocycles. The third-order valence-corrected chi connectivity index (χ3v) is 7.72. The molecule has 0 spiro atoms. The average molecular weight is 547 g/mol. The maximum Gasteiger partial charge on any atom is 0.416 e. The minimum atomic E-state index is -4.44. The van der Waals surface area contributed by atoms with Gasteiger partial charge in [0.1, 0.15) is 18.1 Å². The van der Waals surface area contributed by atoms with Crippen LogP contribution in [0, 0.1) is 6.92 Å². The molecule has 0 aliphatic carbocycles. The monoisotopic (exact) mass is 546 g/mol. The number of aromatic hydroxyl groups is 1. The number of hydrogen-bond donors (Lipinski definition) is 1. The molecule has 0 saturated heterocycles. The number of hydrogen-bond acceptors (Lipinski definition) is 8. The van der Waals surface area contributed by atoms with E-state index in [0.29, 0.717) is 49.3 Å². The van der Waals surface area contributed by atoms with Crippen LogP contribution in [-0.4, -0.2) is 34.1 Å². The van der Waals surface area contributed by atoms with E-state index in [2.05, 4.69) is 10.1 Å². The first-order chi connectivity index (χ1) is 17.5. The molecule has 0 saturated carbocycles. The van der Waals surface area contributed by atoms with Crippen LogP contribution in [-0.2, 0) is 12.6 Å². The van der Waals surface area contributed by atoms with Crippen molar-refractivity contribution in [2.75, 3.05) is 6.54 Å². The zero-order valence-electron chi connectivity index (χ0n) is 19.8. The number of aromatic nitrogens is 1. The van der Waals surface area contributed by atoms with Crippen LogP contribution in [0.5, 0.6) is 5.75 Å². The number of aliphatic imine (C=N–C) groups is 1. The Morgan fingerprint density at radius 1 is 1.08 bits per heavy atom. The van der Waals surface area contributed by atoms with Crippen molar-refractivity contribution in [3.63, 3.8) is 0 Å². The molecule has 0 fully saturated rings. The molecule has 11 heteroatoms. The summed E-state index contributed by atoms with van der Waals surface area (Å²) in [4.78, 5) is 30.7. The summed E-state index contributed by atoms with van der Waals surface area (Å²) in [6.45, 7) is 3.24. The Balaban J connectivity index is 1.39. The van der Waals surface area contributed by atoms with E-state index >= 15 is 0 Å². The minimum absolute atomic E-state index is 0.0941. The Kier molecular flexibility index (Phi) is 7.74. The molecular weight excluding hydrogens is 525 g/mol. The summed E-state index contributed by atoms with van der Waals surface area (Å²) in [5, 5.41) is 16.1. The fraction of sp³-hybridized carbons (Fsp3) is 0.231. The van der Waals surface area contributed by atoms with E-state index in [1.807, 2.05) is 0 Å². The summed E-state index contributed by atoms with van der Waals surface area (Å²) in [5.74, 6) is 0.204. The summed E-state index contributed by atoms with van der Waals surface area (Å²) in [6.07, 6.45) is -3.75. The number of Topliss-reactive ketones (excluding diaryl/α,β-unsaturated/α-hetero) is 2. The Bertz CT molecular complexity index is 1460. The highest BCUT2D eigenvalue weighted by Crippen LogP contribution is 2.40. The van der Waals surface area contributed by atoms with Gasteiger partial charge < -0.3 is 9.63 Å². The van der Waals surface area contributed by atoms with Crippen molar-refractivity contribution >= 4 is 40.0 Å². The molecule has 0 atom stereocenters. The maximum atomic E-state index is 12.8. The molecule has 4 aromatic rings. The summed E-state index contributed by atoms with van der Waals surface area (Å²) in [5.41, 5.74) is 1.18. The normalized spacial score (nSPS) is 12.2. The van der Waals surface area contributed by atoms with Crippen molar-refractivity contribution in [2.24, 2.45) is 4.99 Å². The van der Waals surface area contributed by atoms with Gasteiger partial charge in [0.05, 0.1) is 25.9 Å². The number of rotatable bonds is 9. The fourth-order valence-electron chi connectivity index (χ4n) is 3.52. The van der Waals surface area contributed by atoms with Crippen LogP contribution in [0.4, 0.5) is 13.2 Å². The number of halogens is 3. The van der Waals surface area contributed by atoms with Gasteiger partial charge in [0, 0.05) is 35.6 Å². The summed E-state index contributed by atoms with van der Waals surface area (Å²) in [7, 11) is 0. The van der Waals surface area contributed by atoms with Gasteiger partial charge in [-0.3, -0.25) is 14.6 Å². The van der Waals surface area contributed by atoms with Crippen LogP contribution in [0.3, 0.4) is 0 Å². The van der Waals surface area contributed by atoms with Crippen molar-refractivity contribution in [3.05, 3.63) is 80.2 Å². The number of alkyl halides is 3. The second-order valence-electron chi connectivity index (χ2n) is 8.24. The van der Waals surface area contributed by atoms with Crippen LogP contribution in [0.15, 0.2) is 57.4 Å². The first kappa shape index (κ1) is 26.5. The number of nitrogens with zero attached hydrogens (tertiary/aromatic N) is 2. The van der Waals surface area contributed by atoms with E-state index < -0.39 is 11.7 Å². The largest absolute Gasteiger partial charge is 0.506 e. The predicted molar refractivity (Wildman–Crippen MR) is 136 cm³/mol. The average Bonchev–Trinajstić information content (AvgIpc) is 3.60. The first-order valence-corrected chi connectivity index (χ1v) is 12.8. The molecule has 3 heterocycles. The molecule has 1 N–H and O–H groups in total. The number of thiophene rings is 2. The molecule has 4 rings (SSSR count). The molecule has 0 amide bonds. The number of carbonyl (C=O) groups is 2. The third-order valence-electron chi connectivity index (χ3n) is 5.53. The molecule has 192 valence electrons. The van der Waals surface area contributed by atoms with Gasteiger partial charge in [0.15, 0.2) is 11.6 Å². The highest BCUT2D eigenvalue weighted by Gasteiger charge is 2.30. The topological polar surface area (TPSA) is 92.8 Å². The fourth-order valence-corrected chi connectivity index (χ4v) is 5.43. The van der Waals surface area contributed by atoms with Crippen molar-refractivity contribution in [1.29, 1.82) is 0 Å². The van der Waals surface area contributed by atoms with E-state index in [1.54, 1.807) is 37.4 Å². The Hall–Kier alpha value is -3.57. The van der Waals surface area contributed by atoms with E-state index in [1.165, 1.54) is 23.5 Å². The second-order valence-corrected chi connectivity index (χ2v) is 10.2. The van der Waals surface area contributed by atoms with Crippen molar-refractivity contribution in [2.45, 2.75) is 32.9 Å². The molecular formula is C26H21F3N2O4S2. The molecule has 0 aliphatic rings. The van der Waals surface area contributed by atoms with Gasteiger partial charge in [-0.15, -0.1) is 22.7 Å². The van der Waals surface area contributed by atoms with Gasteiger partial charge in [0.2, 0.25) is 0 Å². The minimum Gasteiger partial charge on any atom is -0.506 e. The van der Waals surface area contributed by atoms with Crippen molar-refractivity contribution < 1.29 is 32.4 Å². The predicted octanol–water partition coefficient (Wildman–Crippen LogP) is 7.00. The number of aryl methyl sites for hydroxylation is 2. The molecule has 0 radical (unpaired) electrons. The van der Waals surface area contributed by atoms with E-state index in [9.17, 15) is 27.9 Å². The standard InChI is InChI=1S/C26H21F3N2O4S2/c1-14-11-18(31-35-14)7-8-20(32)22-9-10-23(37-22)21(33)12-30-15(2)19-13-36-25(24(19)34)16-3-5-17(6-4-16)26(27,28)29/h3-6,9-11,13,34H,7-8,12H2,1-2H3. The quantitative estimate of drug-likeness (QED) is 0.180. The smallest absolute Gasteiger partial charge is 0.416 e. The molecule has 0 bridgehead atoms. The highest BCUT2D eigenvalue weighted by molar-refractivity contribution is 7.16. The lowest BCUT2D eigenvalue weighted by Gasteiger charge is -2.07. The number of benzene rings is 1. The van der Waals surface area contributed by atoms with Gasteiger partial charge in [-0.05, 0) is 43.7 Å². The lowest BCUT2D eigenvalue weighted by atomic mass is 10.1. The Labute approximate surface area is 218 Å². The van der Waals surface area contributed by atoms with Crippen LogP contribution in [0.25, 0.3) is 10.4 Å². The second kappa shape index (κ2) is 10.8. The Morgan fingerprint density at radius 3 is 2.38 bits per heavy atom. The Morgan fingerprint density at radius 2 is 1.76 bits per heavy atom. The maximum absolute atomic E-state index is 12.8. The van der Waals surface area contributed by atoms with E-state index in [4.69, 9.17) is 4.52 Å². The highest BCUT2D eigenvalue weighted by atomic mass is 32.1. The van der Waals surface area contributed by atoms with Crippen molar-refractivity contribution in [3.8, 4) is 16.2 Å². The van der Waals surface area contributed by atoms with Crippen LogP contribution in [0.2, 0.25) is 0 Å². The summed E-state index contributed by atoms with van der Waals surface area (Å²) in [6, 6.07) is 9.51. The molecule has 0 aliphatic heterocycles. The zero-order valence-corrected chi connectivity index (χ0v) is 21.4. The number of carbonyl (C=O) groups excluding carboxylic acids is 2. The lowest BCUT2D eigenvalue weighted by molar-refractivity contribution is -0.137. The molecule has 1 aromatic carbocycles. The van der Waals surface area contributed by atoms with Gasteiger partial charge >= 0.3 is 6.18 Å². The summed E-state index contributed by atoms with van der Waals surface area (Å²) >= 11 is 2.27. The molecule has 0 unspecified atom stereocenters. The van der Waals surface area contributed by atoms with Crippen LogP contribution >= 0.6 is 22.7 Å². The third kappa shape index (κ3) is 6.23. The van der Waals surface area contributed by atoms with E-state index in [0.717, 1.165) is 23.5 Å². The van der Waals surface area contributed by atoms with Gasteiger partial charge in [-0.25, -0.2) is 0 Å². The van der Waals surface area contributed by atoms with E-state index in [-0.39, 0.29) is 30.3 Å². The van der Waals surface area contributed by atoms with Crippen molar-refractivity contribution in [1.82, 2.24) is 5.16 Å². The van der Waals surface area contributed by atoms with Crippen LogP contribution in [0.1, 0.15) is 55.3 Å². The summed E-state index contributed by atoms with van der Waals surface area (Å²) < 4.78 is 43.4. The first-order valence-electron chi connectivity index (χ1n) is 11.1. The van der Waals surface area contributed by atoms with Crippen LogP contribution < -0.4 is 0 Å². The van der Waals surface area contributed by atoms with Gasteiger partial charge in [-0.2, -0.15) is 13.2 Å². The van der Waals surface area contributed by atoms with Gasteiger partial charge in [0.25, 0.3) is 0 Å². The van der Waals surface area contributed by atoms with Gasteiger partial charge in [-0.1, -0.05) is 17.3 Å².